The SMILES string of the molecule is COC(=O)[C@@H](NC(=O)/C(C)=C/CC[C@@H](C)[C@H]1CCC2=C3CC[C@H]4[C@H](C)[C@@H](O)CC[C@]4(C)[C@H]3CC[C@@]21C)c1ccc(OC)cc1. The number of rotatable bonds is 9. The number of ether oxygens (including phenoxy) is 2. The van der Waals surface area contributed by atoms with Gasteiger partial charge in [0.2, 0.25) is 5.91 Å². The van der Waals surface area contributed by atoms with Crippen LogP contribution in [0.5, 0.6) is 5.75 Å². The molecule has 1 amide bonds. The number of nitrogens with one attached hydrogen (secondary N) is 1. The Balaban J connectivity index is 1.22. The van der Waals surface area contributed by atoms with E-state index in [0.29, 0.717) is 51.9 Å². The van der Waals surface area contributed by atoms with E-state index in [9.17, 15) is 14.7 Å². The standard InChI is InChI=1S/C38H55NO5/c1-23(9-8-10-24(2)35(41)39-34(36(42)44-7)26-11-13-27(43-6)14-12-26)29-17-18-31-28-15-16-30-25(3)33(40)20-22-38(30,5)32(28)19-21-37(29,31)4/h10-14,23,25,29-30,32-34,40H,8-9,15-22H2,1-7H3,(H,39,41)/b24-10+/t23-,25+,29-,30+,32+,33+,34+,37-,38+/m1/s1. The van der Waals surface area contributed by atoms with E-state index in [2.05, 4.69) is 33.0 Å². The lowest BCUT2D eigenvalue weighted by Crippen LogP contribution is -2.51. The van der Waals surface area contributed by atoms with Gasteiger partial charge in [0.25, 0.3) is 0 Å². The molecule has 44 heavy (non-hydrogen) atoms. The molecule has 6 heteroatoms. The topological polar surface area (TPSA) is 84.9 Å². The minimum Gasteiger partial charge on any atom is -0.497 e. The van der Waals surface area contributed by atoms with Crippen LogP contribution >= 0.6 is 0 Å². The first-order chi connectivity index (χ1) is 20.9. The van der Waals surface area contributed by atoms with Gasteiger partial charge in [0.1, 0.15) is 5.75 Å². The monoisotopic (exact) mass is 605 g/mol. The van der Waals surface area contributed by atoms with E-state index in [0.717, 1.165) is 19.3 Å². The predicted octanol–water partition coefficient (Wildman–Crippen LogP) is 7.72. The van der Waals surface area contributed by atoms with Gasteiger partial charge in [-0.2, -0.15) is 0 Å². The summed E-state index contributed by atoms with van der Waals surface area (Å²) < 4.78 is 10.2. The highest BCUT2D eigenvalue weighted by Crippen LogP contribution is 2.66. The van der Waals surface area contributed by atoms with Crippen LogP contribution in [0.15, 0.2) is 47.1 Å². The van der Waals surface area contributed by atoms with Gasteiger partial charge in [0, 0.05) is 5.57 Å². The van der Waals surface area contributed by atoms with Gasteiger partial charge in [-0.3, -0.25) is 4.79 Å². The first kappa shape index (κ1) is 32.8. The molecule has 4 aliphatic carbocycles. The molecule has 0 saturated heterocycles. The number of aliphatic hydroxyl groups is 1. The number of hydrogen-bond donors (Lipinski definition) is 2. The van der Waals surface area contributed by atoms with E-state index in [1.807, 2.05) is 13.0 Å². The molecule has 0 aliphatic heterocycles. The lowest BCUT2D eigenvalue weighted by molar-refractivity contribution is -0.144. The fourth-order valence-corrected chi connectivity index (χ4v) is 10.2. The molecule has 3 saturated carbocycles. The number of hydrogen-bond acceptors (Lipinski definition) is 5. The second kappa shape index (κ2) is 13.0. The highest BCUT2D eigenvalue weighted by Gasteiger charge is 2.57. The predicted molar refractivity (Wildman–Crippen MR) is 174 cm³/mol. The van der Waals surface area contributed by atoms with Gasteiger partial charge >= 0.3 is 5.97 Å². The van der Waals surface area contributed by atoms with Crippen LogP contribution in [0.2, 0.25) is 0 Å². The van der Waals surface area contributed by atoms with Crippen LogP contribution in [0.25, 0.3) is 0 Å². The maximum Gasteiger partial charge on any atom is 0.333 e. The fourth-order valence-electron chi connectivity index (χ4n) is 10.2. The zero-order valence-corrected chi connectivity index (χ0v) is 28.1. The number of methoxy groups -OCH3 is 2. The number of benzene rings is 1. The molecule has 0 unspecified atom stereocenters. The number of amides is 1. The highest BCUT2D eigenvalue weighted by atomic mass is 16.5. The van der Waals surface area contributed by atoms with Crippen LogP contribution in [0.1, 0.15) is 110 Å². The van der Waals surface area contributed by atoms with Crippen molar-refractivity contribution in [2.75, 3.05) is 14.2 Å². The number of aliphatic hydroxyl groups excluding tert-OH is 1. The molecule has 5 rings (SSSR count). The third-order valence-electron chi connectivity index (χ3n) is 12.8. The van der Waals surface area contributed by atoms with Gasteiger partial charge in [-0.25, -0.2) is 4.79 Å². The molecule has 4 aliphatic rings. The summed E-state index contributed by atoms with van der Waals surface area (Å²) in [5, 5.41) is 13.5. The number of esters is 1. The number of fused-ring (bicyclic) bond motifs is 4. The highest BCUT2D eigenvalue weighted by molar-refractivity contribution is 5.95. The Morgan fingerprint density at radius 3 is 2.48 bits per heavy atom. The fraction of sp³-hybridized carbons (Fsp3) is 0.684. The van der Waals surface area contributed by atoms with E-state index in [4.69, 9.17) is 9.47 Å². The van der Waals surface area contributed by atoms with E-state index >= 15 is 0 Å². The largest absolute Gasteiger partial charge is 0.497 e. The maximum atomic E-state index is 13.1. The van der Waals surface area contributed by atoms with Gasteiger partial charge in [-0.05, 0) is 129 Å². The van der Waals surface area contributed by atoms with Crippen LogP contribution in [-0.4, -0.2) is 37.3 Å². The summed E-state index contributed by atoms with van der Waals surface area (Å²) in [5.74, 6) is 2.93. The van der Waals surface area contributed by atoms with Gasteiger partial charge in [0.15, 0.2) is 6.04 Å². The summed E-state index contributed by atoms with van der Waals surface area (Å²) in [4.78, 5) is 25.6. The average molecular weight is 606 g/mol. The normalized spacial score (nSPS) is 34.7. The van der Waals surface area contributed by atoms with Crippen molar-refractivity contribution in [2.45, 2.75) is 111 Å². The Hall–Kier alpha value is -2.60. The molecule has 0 heterocycles. The van der Waals surface area contributed by atoms with Gasteiger partial charge in [0.05, 0.1) is 20.3 Å². The summed E-state index contributed by atoms with van der Waals surface area (Å²) in [6.07, 6.45) is 13.5. The van der Waals surface area contributed by atoms with E-state index in [1.165, 1.54) is 52.1 Å². The van der Waals surface area contributed by atoms with Crippen molar-refractivity contribution >= 4 is 11.9 Å². The summed E-state index contributed by atoms with van der Waals surface area (Å²) in [7, 11) is 2.92. The van der Waals surface area contributed by atoms with Crippen molar-refractivity contribution in [3.05, 3.63) is 52.6 Å². The molecule has 2 N–H and O–H groups in total. The quantitative estimate of drug-likeness (QED) is 0.171. The van der Waals surface area contributed by atoms with Crippen LogP contribution in [0.4, 0.5) is 0 Å². The first-order valence-electron chi connectivity index (χ1n) is 17.0. The summed E-state index contributed by atoms with van der Waals surface area (Å²) in [6, 6.07) is 6.21. The Morgan fingerprint density at radius 1 is 1.07 bits per heavy atom. The first-order valence-corrected chi connectivity index (χ1v) is 17.0. The van der Waals surface area contributed by atoms with E-state index in [-0.39, 0.29) is 17.4 Å². The summed E-state index contributed by atoms with van der Waals surface area (Å²) in [5.41, 5.74) is 5.50. The molecular weight excluding hydrogens is 550 g/mol. The third kappa shape index (κ3) is 5.88. The lowest BCUT2D eigenvalue weighted by Gasteiger charge is -2.58. The minimum atomic E-state index is -0.875. The number of allylic oxidation sites excluding steroid dienone is 3. The zero-order valence-electron chi connectivity index (χ0n) is 28.1. The average Bonchev–Trinajstić information content (AvgIpc) is 3.38. The van der Waals surface area contributed by atoms with Crippen LogP contribution < -0.4 is 10.1 Å². The van der Waals surface area contributed by atoms with E-state index < -0.39 is 12.0 Å². The Labute approximate surface area is 265 Å². The molecular formula is C38H55NO5. The zero-order chi connectivity index (χ0) is 31.8. The van der Waals surface area contributed by atoms with Crippen LogP contribution in [0.3, 0.4) is 0 Å². The number of carbonyl (C=O) groups is 2. The molecule has 0 spiro atoms. The van der Waals surface area contributed by atoms with Crippen molar-refractivity contribution in [3.63, 3.8) is 0 Å². The lowest BCUT2D eigenvalue weighted by atomic mass is 9.47. The van der Waals surface area contributed by atoms with Crippen molar-refractivity contribution < 1.29 is 24.2 Å². The van der Waals surface area contributed by atoms with Crippen molar-refractivity contribution in [1.82, 2.24) is 5.32 Å². The molecule has 0 aromatic heterocycles. The second-order valence-electron chi connectivity index (χ2n) is 14.9. The van der Waals surface area contributed by atoms with E-state index in [1.54, 1.807) is 42.5 Å². The maximum absolute atomic E-state index is 13.1. The summed E-state index contributed by atoms with van der Waals surface area (Å²) in [6.45, 7) is 11.6. The molecule has 0 bridgehead atoms. The van der Waals surface area contributed by atoms with Gasteiger partial charge < -0.3 is 19.9 Å². The smallest absolute Gasteiger partial charge is 0.333 e. The molecule has 1 aromatic carbocycles. The van der Waals surface area contributed by atoms with Crippen molar-refractivity contribution in [2.24, 2.45) is 40.4 Å². The molecule has 6 nitrogen and oxygen atoms in total. The minimum absolute atomic E-state index is 0.126. The Bertz CT molecular complexity index is 1280. The van der Waals surface area contributed by atoms with Gasteiger partial charge in [-0.1, -0.05) is 57.0 Å². The molecule has 3 fully saturated rings. The second-order valence-corrected chi connectivity index (χ2v) is 14.9. The molecule has 1 aromatic rings. The molecule has 242 valence electrons. The van der Waals surface area contributed by atoms with Crippen molar-refractivity contribution in [1.29, 1.82) is 0 Å². The molecule has 9 atom stereocenters. The van der Waals surface area contributed by atoms with Crippen LogP contribution in [0, 0.1) is 40.4 Å². The molecule has 0 radical (unpaired) electrons. The number of carbonyl (C=O) groups excluding carboxylic acids is 2. The Kier molecular flexibility index (Phi) is 9.70. The van der Waals surface area contributed by atoms with Crippen molar-refractivity contribution in [3.8, 4) is 5.75 Å². The summed E-state index contributed by atoms with van der Waals surface area (Å²) >= 11 is 0. The van der Waals surface area contributed by atoms with Gasteiger partial charge in [-0.15, -0.1) is 0 Å². The Morgan fingerprint density at radius 2 is 1.80 bits per heavy atom. The van der Waals surface area contributed by atoms with Crippen LogP contribution in [-0.2, 0) is 14.3 Å². The third-order valence-corrected chi connectivity index (χ3v) is 12.8.